The van der Waals surface area contributed by atoms with E-state index in [4.69, 9.17) is 0 Å². The van der Waals surface area contributed by atoms with Gasteiger partial charge in [0, 0.05) is 4.47 Å². The second kappa shape index (κ2) is 10.7. The molecule has 0 bridgehead atoms. The highest BCUT2D eigenvalue weighted by Gasteiger charge is 2.25. The largest absolute Gasteiger partial charge is 0.0622 e. The second-order valence-corrected chi connectivity index (χ2v) is 11.9. The normalized spacial score (nSPS) is 11.4. The third-order valence-electron chi connectivity index (χ3n) is 8.49. The molecule has 0 saturated heterocycles. The average Bonchev–Trinajstić information content (AvgIpc) is 3.07. The van der Waals surface area contributed by atoms with E-state index in [-0.39, 0.29) is 0 Å². The van der Waals surface area contributed by atoms with Crippen LogP contribution < -0.4 is 0 Å². The van der Waals surface area contributed by atoms with Crippen LogP contribution in [-0.4, -0.2) is 0 Å². The van der Waals surface area contributed by atoms with Crippen LogP contribution in [0.5, 0.6) is 0 Å². The molecule has 0 radical (unpaired) electrons. The van der Waals surface area contributed by atoms with Gasteiger partial charge in [-0.2, -0.15) is 0 Å². The Balaban J connectivity index is 1.78. The molecule has 0 saturated carbocycles. The molecule has 1 heteroatoms. The Kier molecular flexibility index (Phi) is 6.39. The van der Waals surface area contributed by atoms with E-state index < -0.39 is 0 Å². The lowest BCUT2D eigenvalue weighted by Gasteiger charge is -2.25. The van der Waals surface area contributed by atoms with Gasteiger partial charge in [-0.1, -0.05) is 168 Å². The Hall–Kier alpha value is -4.98. The zero-order chi connectivity index (χ0) is 28.8. The van der Waals surface area contributed by atoms with E-state index in [1.807, 2.05) is 0 Å². The van der Waals surface area contributed by atoms with Crippen LogP contribution in [0.1, 0.15) is 0 Å². The second-order valence-electron chi connectivity index (χ2n) is 10.9. The first-order chi connectivity index (χ1) is 21.3. The zero-order valence-electron chi connectivity index (χ0n) is 23.5. The summed E-state index contributed by atoms with van der Waals surface area (Å²) in [6.07, 6.45) is 0. The van der Waals surface area contributed by atoms with Crippen molar-refractivity contribution >= 4 is 48.2 Å². The van der Waals surface area contributed by atoms with E-state index in [9.17, 15) is 0 Å². The van der Waals surface area contributed by atoms with E-state index in [2.05, 4.69) is 180 Å². The molecule has 0 aliphatic rings. The predicted molar refractivity (Wildman–Crippen MR) is 188 cm³/mol. The maximum Gasteiger partial charge on any atom is 0.0181 e. The van der Waals surface area contributed by atoms with Crippen molar-refractivity contribution in [2.75, 3.05) is 0 Å². The van der Waals surface area contributed by atoms with Gasteiger partial charge in [0.15, 0.2) is 0 Å². The summed E-state index contributed by atoms with van der Waals surface area (Å²) < 4.78 is 1.07. The molecule has 8 rings (SSSR count). The average molecular weight is 612 g/mol. The van der Waals surface area contributed by atoms with Crippen molar-refractivity contribution in [1.29, 1.82) is 0 Å². The third-order valence-corrected chi connectivity index (χ3v) is 8.98. The first-order valence-electron chi connectivity index (χ1n) is 14.6. The summed E-state index contributed by atoms with van der Waals surface area (Å²) >= 11 is 3.84. The first kappa shape index (κ1) is 25.7. The Morgan fingerprint density at radius 1 is 0.279 bits per heavy atom. The highest BCUT2D eigenvalue weighted by molar-refractivity contribution is 9.10. The number of benzene rings is 8. The molecule has 0 aliphatic carbocycles. The molecule has 43 heavy (non-hydrogen) atoms. The molecule has 0 heterocycles. The van der Waals surface area contributed by atoms with Crippen molar-refractivity contribution in [2.24, 2.45) is 0 Å². The lowest BCUT2D eigenvalue weighted by molar-refractivity contribution is 1.62. The lowest BCUT2D eigenvalue weighted by atomic mass is 9.77. The highest BCUT2D eigenvalue weighted by atomic mass is 79.9. The van der Waals surface area contributed by atoms with Gasteiger partial charge in [0.2, 0.25) is 0 Å². The molecular formula is C42H27Br. The summed E-state index contributed by atoms with van der Waals surface area (Å²) in [6, 6.07) is 59.4. The van der Waals surface area contributed by atoms with Crippen LogP contribution in [0.15, 0.2) is 168 Å². The van der Waals surface area contributed by atoms with Crippen LogP contribution in [0.4, 0.5) is 0 Å². The van der Waals surface area contributed by atoms with E-state index in [0.717, 1.165) is 4.47 Å². The maximum atomic E-state index is 3.84. The minimum atomic E-state index is 1.07. The highest BCUT2D eigenvalue weighted by Crippen LogP contribution is 2.53. The Labute approximate surface area is 260 Å². The van der Waals surface area contributed by atoms with E-state index in [1.165, 1.54) is 76.8 Å². The van der Waals surface area contributed by atoms with Crippen molar-refractivity contribution < 1.29 is 0 Å². The maximum absolute atomic E-state index is 3.84. The van der Waals surface area contributed by atoms with Crippen LogP contribution >= 0.6 is 15.9 Å². The topological polar surface area (TPSA) is 0 Å². The van der Waals surface area contributed by atoms with Crippen LogP contribution in [0.2, 0.25) is 0 Å². The van der Waals surface area contributed by atoms with Gasteiger partial charge >= 0.3 is 0 Å². The fourth-order valence-electron chi connectivity index (χ4n) is 6.77. The van der Waals surface area contributed by atoms with Crippen molar-refractivity contribution in [3.05, 3.63) is 168 Å². The molecule has 0 fully saturated rings. The van der Waals surface area contributed by atoms with Gasteiger partial charge in [-0.25, -0.2) is 0 Å². The third kappa shape index (κ3) is 4.28. The van der Waals surface area contributed by atoms with Gasteiger partial charge < -0.3 is 0 Å². The lowest BCUT2D eigenvalue weighted by Crippen LogP contribution is -1.97. The molecule has 0 atom stereocenters. The molecule has 0 aromatic heterocycles. The van der Waals surface area contributed by atoms with Crippen molar-refractivity contribution in [3.8, 4) is 44.5 Å². The van der Waals surface area contributed by atoms with Gasteiger partial charge in [0.05, 0.1) is 0 Å². The molecule has 0 aliphatic heterocycles. The molecular weight excluding hydrogens is 584 g/mol. The monoisotopic (exact) mass is 610 g/mol. The Morgan fingerprint density at radius 3 is 0.953 bits per heavy atom. The van der Waals surface area contributed by atoms with Gasteiger partial charge in [-0.15, -0.1) is 0 Å². The first-order valence-corrected chi connectivity index (χ1v) is 15.4. The Bertz CT molecular complexity index is 2250. The van der Waals surface area contributed by atoms with Crippen molar-refractivity contribution in [2.45, 2.75) is 0 Å². The summed E-state index contributed by atoms with van der Waals surface area (Å²) in [7, 11) is 0. The van der Waals surface area contributed by atoms with Gasteiger partial charge in [0.25, 0.3) is 0 Å². The fourth-order valence-corrected chi connectivity index (χ4v) is 7.13. The minimum absolute atomic E-state index is 1.07. The predicted octanol–water partition coefficient (Wildman–Crippen LogP) is 12.6. The smallest absolute Gasteiger partial charge is 0.0181 e. The van der Waals surface area contributed by atoms with Crippen LogP contribution in [-0.2, 0) is 0 Å². The van der Waals surface area contributed by atoms with E-state index >= 15 is 0 Å². The van der Waals surface area contributed by atoms with Crippen LogP contribution in [0, 0.1) is 0 Å². The SMILES string of the molecule is Brc1ccc2c(-c3ccccc3)c3c(-c4ccccc4)c4ccccc4c(-c4ccccc4)c3c(-c3ccccc3)c2c1. The van der Waals surface area contributed by atoms with Crippen molar-refractivity contribution in [3.63, 3.8) is 0 Å². The molecule has 0 unspecified atom stereocenters. The van der Waals surface area contributed by atoms with Gasteiger partial charge in [-0.05, 0) is 89.0 Å². The quantitative estimate of drug-likeness (QED) is 0.174. The fraction of sp³-hybridized carbons (Fsp3) is 0. The molecule has 8 aromatic carbocycles. The summed E-state index contributed by atoms with van der Waals surface area (Å²) in [5.41, 5.74) is 9.92. The van der Waals surface area contributed by atoms with Crippen LogP contribution in [0.3, 0.4) is 0 Å². The minimum Gasteiger partial charge on any atom is -0.0622 e. The van der Waals surface area contributed by atoms with Crippen molar-refractivity contribution in [1.82, 2.24) is 0 Å². The van der Waals surface area contributed by atoms with Gasteiger partial charge in [-0.3, -0.25) is 0 Å². The Morgan fingerprint density at radius 2 is 0.581 bits per heavy atom. The molecule has 8 aromatic rings. The summed E-state index contributed by atoms with van der Waals surface area (Å²) in [5.74, 6) is 0. The molecule has 0 spiro atoms. The molecule has 202 valence electrons. The zero-order valence-corrected chi connectivity index (χ0v) is 25.1. The summed E-state index contributed by atoms with van der Waals surface area (Å²) in [4.78, 5) is 0. The summed E-state index contributed by atoms with van der Waals surface area (Å²) in [5, 5.41) is 7.55. The summed E-state index contributed by atoms with van der Waals surface area (Å²) in [6.45, 7) is 0. The number of halogens is 1. The standard InChI is InChI=1S/C42H27Br/c43-32-25-26-35-36(27-32)40(31-21-11-4-12-22-31)42-38(29-17-7-2-8-18-29)34-24-14-13-23-33(34)37(28-15-5-1-6-16-28)41(42)39(35)30-19-9-3-10-20-30/h1-27H. The number of fused-ring (bicyclic) bond motifs is 3. The van der Waals surface area contributed by atoms with E-state index in [0.29, 0.717) is 0 Å². The van der Waals surface area contributed by atoms with Gasteiger partial charge in [0.1, 0.15) is 0 Å². The molecule has 0 nitrogen and oxygen atoms in total. The number of hydrogen-bond acceptors (Lipinski definition) is 0. The van der Waals surface area contributed by atoms with Crippen LogP contribution in [0.25, 0.3) is 76.8 Å². The molecule has 0 amide bonds. The number of rotatable bonds is 4. The van der Waals surface area contributed by atoms with E-state index in [1.54, 1.807) is 0 Å². The number of hydrogen-bond donors (Lipinski definition) is 0. The molecule has 0 N–H and O–H groups in total.